The SMILES string of the molecule is CCCc1ccc(-c2ccc(C3CCC(CCc4ccc(OCC)c(F)c4F)CC3)c(F)c2F)cc1. The molecular formula is C31H34F4O. The van der Waals surface area contributed by atoms with Crippen molar-refractivity contribution < 1.29 is 22.3 Å². The molecular weight excluding hydrogens is 464 g/mol. The van der Waals surface area contributed by atoms with Gasteiger partial charge in [-0.3, -0.25) is 0 Å². The zero-order valence-corrected chi connectivity index (χ0v) is 21.1. The second-order valence-electron chi connectivity index (χ2n) is 9.82. The summed E-state index contributed by atoms with van der Waals surface area (Å²) in [6.07, 6.45) is 6.40. The first-order valence-electron chi connectivity index (χ1n) is 13.1. The van der Waals surface area contributed by atoms with Crippen LogP contribution in [0.2, 0.25) is 0 Å². The maximum atomic E-state index is 15.1. The third-order valence-corrected chi connectivity index (χ3v) is 7.45. The van der Waals surface area contributed by atoms with Crippen LogP contribution in [0.3, 0.4) is 0 Å². The Balaban J connectivity index is 1.36. The van der Waals surface area contributed by atoms with Crippen LogP contribution in [0.1, 0.15) is 75.0 Å². The molecule has 36 heavy (non-hydrogen) atoms. The van der Waals surface area contributed by atoms with Crippen molar-refractivity contribution in [3.63, 3.8) is 0 Å². The van der Waals surface area contributed by atoms with Crippen molar-refractivity contribution in [3.8, 4) is 16.9 Å². The van der Waals surface area contributed by atoms with Gasteiger partial charge in [-0.2, -0.15) is 4.39 Å². The monoisotopic (exact) mass is 498 g/mol. The normalized spacial score (nSPS) is 17.8. The average molecular weight is 499 g/mol. The summed E-state index contributed by atoms with van der Waals surface area (Å²) in [6.45, 7) is 4.11. The fourth-order valence-electron chi connectivity index (χ4n) is 5.40. The van der Waals surface area contributed by atoms with Crippen molar-refractivity contribution in [1.29, 1.82) is 0 Å². The number of hydrogen-bond donors (Lipinski definition) is 0. The minimum Gasteiger partial charge on any atom is -0.491 e. The van der Waals surface area contributed by atoms with Crippen LogP contribution in [-0.4, -0.2) is 6.61 Å². The standard InChI is InChI=1S/C31H34F4O/c1-3-5-20-6-11-22(12-7-20)25-17-18-26(30(34)29(25)33)23-13-8-21(9-14-23)10-15-24-16-19-27(36-4-2)31(35)28(24)32/h6-7,11-12,16-19,21,23H,3-5,8-10,13-15H2,1-2H3. The van der Waals surface area contributed by atoms with Crippen LogP contribution in [0, 0.1) is 29.2 Å². The lowest BCUT2D eigenvalue weighted by Gasteiger charge is -2.29. The van der Waals surface area contributed by atoms with E-state index < -0.39 is 23.3 Å². The van der Waals surface area contributed by atoms with Crippen LogP contribution in [0.4, 0.5) is 17.6 Å². The fraction of sp³-hybridized carbons (Fsp3) is 0.419. The van der Waals surface area contributed by atoms with Gasteiger partial charge in [0.1, 0.15) is 0 Å². The number of hydrogen-bond acceptors (Lipinski definition) is 1. The predicted octanol–water partition coefficient (Wildman–Crippen LogP) is 9.17. The lowest BCUT2D eigenvalue weighted by molar-refractivity contribution is 0.301. The molecule has 0 bridgehead atoms. The van der Waals surface area contributed by atoms with E-state index in [1.54, 1.807) is 25.1 Å². The highest BCUT2D eigenvalue weighted by Crippen LogP contribution is 2.40. The second-order valence-corrected chi connectivity index (χ2v) is 9.82. The summed E-state index contributed by atoms with van der Waals surface area (Å²) in [5, 5.41) is 0. The van der Waals surface area contributed by atoms with E-state index in [4.69, 9.17) is 4.74 Å². The summed E-state index contributed by atoms with van der Waals surface area (Å²) in [7, 11) is 0. The molecule has 5 heteroatoms. The van der Waals surface area contributed by atoms with E-state index in [1.165, 1.54) is 11.6 Å². The molecule has 0 atom stereocenters. The summed E-state index contributed by atoms with van der Waals surface area (Å²) in [5.74, 6) is -3.05. The Bertz CT molecular complexity index is 1160. The number of ether oxygens (including phenoxy) is 1. The third kappa shape index (κ3) is 5.77. The van der Waals surface area contributed by atoms with Crippen LogP contribution in [0.25, 0.3) is 11.1 Å². The van der Waals surface area contributed by atoms with Gasteiger partial charge < -0.3 is 4.74 Å². The van der Waals surface area contributed by atoms with E-state index in [0.29, 0.717) is 29.0 Å². The first-order chi connectivity index (χ1) is 17.4. The molecule has 0 N–H and O–H groups in total. The molecule has 1 nitrogen and oxygen atoms in total. The largest absolute Gasteiger partial charge is 0.491 e. The molecule has 1 aliphatic carbocycles. The van der Waals surface area contributed by atoms with Crippen LogP contribution in [0.15, 0.2) is 48.5 Å². The van der Waals surface area contributed by atoms with E-state index in [9.17, 15) is 8.78 Å². The van der Waals surface area contributed by atoms with Crippen molar-refractivity contribution >= 4 is 0 Å². The molecule has 1 fully saturated rings. The Hall–Kier alpha value is -2.82. The summed E-state index contributed by atoms with van der Waals surface area (Å²) in [5.41, 5.74) is 2.95. The zero-order valence-electron chi connectivity index (χ0n) is 21.1. The third-order valence-electron chi connectivity index (χ3n) is 7.45. The minimum atomic E-state index is -0.934. The predicted molar refractivity (Wildman–Crippen MR) is 136 cm³/mol. The summed E-state index contributed by atoms with van der Waals surface area (Å²) in [4.78, 5) is 0. The Labute approximate surface area is 211 Å². The Morgan fingerprint density at radius 1 is 0.722 bits per heavy atom. The highest BCUT2D eigenvalue weighted by molar-refractivity contribution is 5.65. The van der Waals surface area contributed by atoms with Crippen LogP contribution < -0.4 is 4.74 Å². The topological polar surface area (TPSA) is 9.23 Å². The molecule has 0 aliphatic heterocycles. The van der Waals surface area contributed by atoms with Gasteiger partial charge in [0.2, 0.25) is 5.82 Å². The van der Waals surface area contributed by atoms with Crippen LogP contribution in [0.5, 0.6) is 5.75 Å². The van der Waals surface area contributed by atoms with Gasteiger partial charge in [0.05, 0.1) is 6.61 Å². The zero-order chi connectivity index (χ0) is 25.7. The van der Waals surface area contributed by atoms with Crippen molar-refractivity contribution in [2.45, 2.75) is 71.1 Å². The van der Waals surface area contributed by atoms with Gasteiger partial charge in [0.15, 0.2) is 23.2 Å². The highest BCUT2D eigenvalue weighted by atomic mass is 19.2. The molecule has 0 saturated heterocycles. The second kappa shape index (κ2) is 11.9. The molecule has 192 valence electrons. The van der Waals surface area contributed by atoms with Gasteiger partial charge in [-0.05, 0) is 92.0 Å². The van der Waals surface area contributed by atoms with Crippen molar-refractivity contribution in [1.82, 2.24) is 0 Å². The van der Waals surface area contributed by atoms with Gasteiger partial charge in [0, 0.05) is 5.56 Å². The summed E-state index contributed by atoms with van der Waals surface area (Å²) in [6, 6.07) is 14.1. The molecule has 4 rings (SSSR count). The van der Waals surface area contributed by atoms with E-state index in [-0.39, 0.29) is 23.8 Å². The van der Waals surface area contributed by atoms with E-state index in [1.807, 2.05) is 24.3 Å². The molecule has 1 aliphatic rings. The van der Waals surface area contributed by atoms with Crippen LogP contribution in [-0.2, 0) is 12.8 Å². The summed E-state index contributed by atoms with van der Waals surface area (Å²) >= 11 is 0. The quantitative estimate of drug-likeness (QED) is 0.267. The lowest BCUT2D eigenvalue weighted by Crippen LogP contribution is -2.16. The van der Waals surface area contributed by atoms with Crippen LogP contribution >= 0.6 is 0 Å². The van der Waals surface area contributed by atoms with Gasteiger partial charge in [-0.1, -0.05) is 55.8 Å². The van der Waals surface area contributed by atoms with E-state index in [0.717, 1.165) is 44.9 Å². The van der Waals surface area contributed by atoms with E-state index in [2.05, 4.69) is 6.92 Å². The molecule has 0 aromatic heterocycles. The number of benzene rings is 3. The van der Waals surface area contributed by atoms with Gasteiger partial charge in [0.25, 0.3) is 0 Å². The number of rotatable bonds is 9. The first kappa shape index (κ1) is 26.2. The molecule has 1 saturated carbocycles. The summed E-state index contributed by atoms with van der Waals surface area (Å²) < 4.78 is 63.8. The van der Waals surface area contributed by atoms with Crippen molar-refractivity contribution in [2.75, 3.05) is 6.61 Å². The Kier molecular flexibility index (Phi) is 8.71. The van der Waals surface area contributed by atoms with Crippen molar-refractivity contribution in [2.24, 2.45) is 5.92 Å². The Morgan fingerprint density at radius 3 is 2.11 bits per heavy atom. The smallest absolute Gasteiger partial charge is 0.200 e. The minimum absolute atomic E-state index is 0.0311. The Morgan fingerprint density at radius 2 is 1.44 bits per heavy atom. The number of halogens is 4. The average Bonchev–Trinajstić information content (AvgIpc) is 2.89. The molecule has 3 aromatic carbocycles. The molecule has 0 unspecified atom stereocenters. The van der Waals surface area contributed by atoms with Crippen molar-refractivity contribution in [3.05, 3.63) is 88.5 Å². The highest BCUT2D eigenvalue weighted by Gasteiger charge is 2.27. The number of aryl methyl sites for hydroxylation is 2. The maximum Gasteiger partial charge on any atom is 0.200 e. The lowest BCUT2D eigenvalue weighted by atomic mass is 9.76. The first-order valence-corrected chi connectivity index (χ1v) is 13.1. The van der Waals surface area contributed by atoms with Gasteiger partial charge >= 0.3 is 0 Å². The molecule has 3 aromatic rings. The van der Waals surface area contributed by atoms with Gasteiger partial charge in [-0.15, -0.1) is 0 Å². The van der Waals surface area contributed by atoms with Gasteiger partial charge in [-0.25, -0.2) is 13.2 Å². The van der Waals surface area contributed by atoms with E-state index >= 15 is 8.78 Å². The maximum absolute atomic E-state index is 15.1. The molecule has 0 spiro atoms. The fourth-order valence-corrected chi connectivity index (χ4v) is 5.40. The molecule has 0 amide bonds. The molecule has 0 heterocycles. The molecule has 0 radical (unpaired) electrons.